The van der Waals surface area contributed by atoms with Crippen molar-refractivity contribution in [2.75, 3.05) is 0 Å². The van der Waals surface area contributed by atoms with Crippen molar-refractivity contribution in [2.45, 2.75) is 69.5 Å². The van der Waals surface area contributed by atoms with Crippen LogP contribution in [-0.4, -0.2) is 32.2 Å². The Morgan fingerprint density at radius 2 is 2.25 bits per heavy atom. The average Bonchev–Trinajstić information content (AvgIpc) is 2.92. The summed E-state index contributed by atoms with van der Waals surface area (Å²) in [4.78, 5) is 16.2. The Balaban J connectivity index is 1.80. The number of imidazole rings is 1. The van der Waals surface area contributed by atoms with Gasteiger partial charge in [-0.3, -0.25) is 10.1 Å². The molecule has 3 rings (SSSR count). The summed E-state index contributed by atoms with van der Waals surface area (Å²) in [6, 6.07) is 0.662. The molecular formula is C15H23N3O2. The van der Waals surface area contributed by atoms with Crippen LogP contribution >= 0.6 is 0 Å². The minimum atomic E-state index is -0.732. The van der Waals surface area contributed by atoms with E-state index in [0.29, 0.717) is 24.8 Å². The summed E-state index contributed by atoms with van der Waals surface area (Å²) in [5, 5.41) is 13.0. The number of aliphatic carboxylic acids is 1. The van der Waals surface area contributed by atoms with Crippen LogP contribution in [0.15, 0.2) is 12.4 Å². The third-order valence-corrected chi connectivity index (χ3v) is 4.56. The molecule has 0 aromatic carbocycles. The summed E-state index contributed by atoms with van der Waals surface area (Å²) < 4.78 is 2.18. The first kappa shape index (κ1) is 13.6. The van der Waals surface area contributed by atoms with Crippen LogP contribution in [-0.2, 0) is 4.79 Å². The third-order valence-electron chi connectivity index (χ3n) is 4.56. The van der Waals surface area contributed by atoms with Gasteiger partial charge in [0.05, 0.1) is 0 Å². The molecule has 2 fully saturated rings. The van der Waals surface area contributed by atoms with Gasteiger partial charge >= 0.3 is 5.97 Å². The van der Waals surface area contributed by atoms with Crippen molar-refractivity contribution in [1.82, 2.24) is 14.9 Å². The first-order valence-corrected chi connectivity index (χ1v) is 7.56. The topological polar surface area (TPSA) is 67.2 Å². The Bertz CT molecular complexity index is 507. The van der Waals surface area contributed by atoms with Gasteiger partial charge in [-0.15, -0.1) is 0 Å². The van der Waals surface area contributed by atoms with Gasteiger partial charge in [-0.25, -0.2) is 4.98 Å². The van der Waals surface area contributed by atoms with Gasteiger partial charge in [-0.2, -0.15) is 0 Å². The monoisotopic (exact) mass is 277 g/mol. The minimum Gasteiger partial charge on any atom is -0.480 e. The lowest BCUT2D eigenvalue weighted by atomic mass is 9.97. The van der Waals surface area contributed by atoms with Gasteiger partial charge in [0.2, 0.25) is 0 Å². The van der Waals surface area contributed by atoms with Crippen LogP contribution in [0.2, 0.25) is 0 Å². The normalized spacial score (nSPS) is 30.1. The van der Waals surface area contributed by atoms with E-state index in [4.69, 9.17) is 0 Å². The number of carboxylic acids is 1. The summed E-state index contributed by atoms with van der Waals surface area (Å²) >= 11 is 0. The molecule has 2 aliphatic carbocycles. The highest BCUT2D eigenvalue weighted by molar-refractivity contribution is 5.79. The number of carbonyl (C=O) groups is 1. The highest BCUT2D eigenvalue weighted by Gasteiger charge is 2.48. The highest BCUT2D eigenvalue weighted by atomic mass is 16.4. The Kier molecular flexibility index (Phi) is 3.32. The Labute approximate surface area is 119 Å². The number of rotatable bonds is 5. The Hall–Kier alpha value is -1.36. The van der Waals surface area contributed by atoms with E-state index in [2.05, 4.69) is 28.7 Å². The Morgan fingerprint density at radius 1 is 1.50 bits per heavy atom. The molecule has 2 atom stereocenters. The van der Waals surface area contributed by atoms with E-state index in [1.54, 1.807) is 0 Å². The molecular weight excluding hydrogens is 254 g/mol. The number of nitrogens with zero attached hydrogens (tertiary/aromatic N) is 2. The van der Waals surface area contributed by atoms with Crippen molar-refractivity contribution < 1.29 is 9.90 Å². The molecule has 2 saturated carbocycles. The van der Waals surface area contributed by atoms with Gasteiger partial charge in [-0.05, 0) is 32.1 Å². The summed E-state index contributed by atoms with van der Waals surface area (Å²) in [6.07, 6.45) is 8.32. The van der Waals surface area contributed by atoms with Crippen molar-refractivity contribution in [3.8, 4) is 0 Å². The van der Waals surface area contributed by atoms with Crippen LogP contribution in [0.25, 0.3) is 0 Å². The van der Waals surface area contributed by atoms with Crippen LogP contribution in [0.1, 0.15) is 63.7 Å². The molecule has 0 saturated heterocycles. The zero-order valence-electron chi connectivity index (χ0n) is 12.2. The summed E-state index contributed by atoms with van der Waals surface area (Å²) in [5.74, 6) is 0.724. The number of hydrogen-bond acceptors (Lipinski definition) is 3. The van der Waals surface area contributed by atoms with E-state index in [1.807, 2.05) is 12.4 Å². The second-order valence-corrected chi connectivity index (χ2v) is 6.55. The molecule has 1 heterocycles. The van der Waals surface area contributed by atoms with Gasteiger partial charge in [-0.1, -0.05) is 13.8 Å². The molecule has 0 bridgehead atoms. The summed E-state index contributed by atoms with van der Waals surface area (Å²) in [5.41, 5.74) is -0.732. The molecule has 0 spiro atoms. The first-order chi connectivity index (χ1) is 9.52. The fourth-order valence-electron chi connectivity index (χ4n) is 3.34. The largest absolute Gasteiger partial charge is 0.480 e. The van der Waals surface area contributed by atoms with E-state index in [-0.39, 0.29) is 6.04 Å². The molecule has 2 unspecified atom stereocenters. The number of carboxylic acid groups (broad SMARTS) is 1. The van der Waals surface area contributed by atoms with Crippen molar-refractivity contribution in [3.63, 3.8) is 0 Å². The zero-order chi connectivity index (χ0) is 14.3. The molecule has 5 nitrogen and oxygen atoms in total. The maximum absolute atomic E-state index is 11.7. The first-order valence-electron chi connectivity index (χ1n) is 7.56. The molecule has 110 valence electrons. The smallest absolute Gasteiger partial charge is 0.323 e. The molecule has 1 aromatic rings. The third kappa shape index (κ3) is 2.35. The lowest BCUT2D eigenvalue weighted by Crippen LogP contribution is -2.51. The average molecular weight is 277 g/mol. The minimum absolute atomic E-state index is 0.247. The standard InChI is InChI=1S/C15H23N3O2/c1-10(2)13-16-7-8-18(13)12-5-6-15(9-12,14(19)20)17-11-3-4-11/h7-8,10-12,17H,3-6,9H2,1-2H3,(H,19,20). The van der Waals surface area contributed by atoms with Crippen molar-refractivity contribution in [3.05, 3.63) is 18.2 Å². The number of aromatic nitrogens is 2. The fraction of sp³-hybridized carbons (Fsp3) is 0.733. The van der Waals surface area contributed by atoms with Crippen LogP contribution in [0.5, 0.6) is 0 Å². The summed E-state index contributed by atoms with van der Waals surface area (Å²) in [7, 11) is 0. The molecule has 1 aromatic heterocycles. The van der Waals surface area contributed by atoms with Gasteiger partial charge in [0.1, 0.15) is 11.4 Å². The SMILES string of the molecule is CC(C)c1nccn1C1CCC(NC2CC2)(C(=O)O)C1. The lowest BCUT2D eigenvalue weighted by Gasteiger charge is -2.26. The lowest BCUT2D eigenvalue weighted by molar-refractivity contribution is -0.144. The van der Waals surface area contributed by atoms with Crippen molar-refractivity contribution in [1.29, 1.82) is 0 Å². The molecule has 0 amide bonds. The van der Waals surface area contributed by atoms with Crippen LogP contribution in [0.4, 0.5) is 0 Å². The molecule has 5 heteroatoms. The van der Waals surface area contributed by atoms with Crippen LogP contribution in [0, 0.1) is 0 Å². The maximum Gasteiger partial charge on any atom is 0.323 e. The van der Waals surface area contributed by atoms with Gasteiger partial charge in [0, 0.05) is 30.4 Å². The van der Waals surface area contributed by atoms with Gasteiger partial charge < -0.3 is 9.67 Å². The van der Waals surface area contributed by atoms with E-state index in [0.717, 1.165) is 25.1 Å². The van der Waals surface area contributed by atoms with Crippen LogP contribution < -0.4 is 5.32 Å². The van der Waals surface area contributed by atoms with Crippen molar-refractivity contribution in [2.24, 2.45) is 0 Å². The van der Waals surface area contributed by atoms with Crippen molar-refractivity contribution >= 4 is 5.97 Å². The maximum atomic E-state index is 11.7. The van der Waals surface area contributed by atoms with E-state index in [1.165, 1.54) is 0 Å². The number of nitrogens with one attached hydrogen (secondary N) is 1. The van der Waals surface area contributed by atoms with Gasteiger partial charge in [0.15, 0.2) is 0 Å². The fourth-order valence-corrected chi connectivity index (χ4v) is 3.34. The molecule has 20 heavy (non-hydrogen) atoms. The number of hydrogen-bond donors (Lipinski definition) is 2. The second kappa shape index (κ2) is 4.88. The predicted molar refractivity (Wildman–Crippen MR) is 75.7 cm³/mol. The van der Waals surface area contributed by atoms with E-state index >= 15 is 0 Å². The molecule has 2 N–H and O–H groups in total. The highest BCUT2D eigenvalue weighted by Crippen LogP contribution is 2.41. The van der Waals surface area contributed by atoms with E-state index in [9.17, 15) is 9.90 Å². The Morgan fingerprint density at radius 3 is 2.85 bits per heavy atom. The summed E-state index contributed by atoms with van der Waals surface area (Å²) in [6.45, 7) is 4.25. The molecule has 0 radical (unpaired) electrons. The molecule has 2 aliphatic rings. The second-order valence-electron chi connectivity index (χ2n) is 6.55. The van der Waals surface area contributed by atoms with Crippen LogP contribution in [0.3, 0.4) is 0 Å². The van der Waals surface area contributed by atoms with Gasteiger partial charge in [0.25, 0.3) is 0 Å². The predicted octanol–water partition coefficient (Wildman–Crippen LogP) is 2.31. The molecule has 0 aliphatic heterocycles. The zero-order valence-corrected chi connectivity index (χ0v) is 12.2. The van der Waals surface area contributed by atoms with E-state index < -0.39 is 11.5 Å². The quantitative estimate of drug-likeness (QED) is 0.866.